The van der Waals surface area contributed by atoms with Gasteiger partial charge in [0.2, 0.25) is 0 Å². The summed E-state index contributed by atoms with van der Waals surface area (Å²) in [7, 11) is 0. The largest absolute Gasteiger partial charge is 0.360 e. The monoisotopic (exact) mass is 292 g/mol. The fraction of sp³-hybridized carbons (Fsp3) is 0.588. The molecule has 1 unspecified atom stereocenters. The summed E-state index contributed by atoms with van der Waals surface area (Å²) in [5, 5.41) is 7.38. The van der Waals surface area contributed by atoms with Crippen LogP contribution in [0.15, 0.2) is 24.3 Å². The number of aryl methyl sites for hydroxylation is 1. The maximum atomic E-state index is 5.33. The van der Waals surface area contributed by atoms with Crippen LogP contribution in [0.4, 0.5) is 0 Å². The summed E-state index contributed by atoms with van der Waals surface area (Å²) in [6.07, 6.45) is 3.71. The lowest BCUT2D eigenvalue weighted by molar-refractivity contribution is 0.493. The molecule has 0 aliphatic rings. The number of benzene rings is 1. The molecule has 20 heavy (non-hydrogen) atoms. The minimum Gasteiger partial charge on any atom is -0.360 e. The Kier molecular flexibility index (Phi) is 7.60. The number of thiocarbonyl (C=S) groups is 1. The maximum Gasteiger partial charge on any atom is 0.166 e. The Morgan fingerprint density at radius 1 is 1.10 bits per heavy atom. The van der Waals surface area contributed by atoms with Crippen molar-refractivity contribution >= 4 is 17.3 Å². The number of nitrogens with one attached hydrogen (secondary N) is 2. The molecular formula is C17H28N2S. The fourth-order valence-corrected chi connectivity index (χ4v) is 2.34. The predicted molar refractivity (Wildman–Crippen MR) is 91.9 cm³/mol. The van der Waals surface area contributed by atoms with Crippen LogP contribution in [0, 0.1) is 12.8 Å². The summed E-state index contributed by atoms with van der Waals surface area (Å²) in [4.78, 5) is 0. The van der Waals surface area contributed by atoms with Crippen LogP contribution < -0.4 is 10.6 Å². The summed E-state index contributed by atoms with van der Waals surface area (Å²) in [5.74, 6) is 0.786. The highest BCUT2D eigenvalue weighted by molar-refractivity contribution is 7.80. The van der Waals surface area contributed by atoms with Crippen LogP contribution in [0.3, 0.4) is 0 Å². The normalized spacial score (nSPS) is 12.2. The van der Waals surface area contributed by atoms with Crippen molar-refractivity contribution in [1.29, 1.82) is 0 Å². The van der Waals surface area contributed by atoms with E-state index < -0.39 is 0 Å². The third-order valence-corrected chi connectivity index (χ3v) is 3.63. The summed E-state index contributed by atoms with van der Waals surface area (Å²) in [6, 6.07) is 8.96. The summed E-state index contributed by atoms with van der Waals surface area (Å²) < 4.78 is 0. The van der Waals surface area contributed by atoms with Crippen LogP contribution >= 0.6 is 12.2 Å². The molecule has 1 atom stereocenters. The van der Waals surface area contributed by atoms with Gasteiger partial charge in [0.05, 0.1) is 0 Å². The quantitative estimate of drug-likeness (QED) is 0.737. The molecule has 1 aromatic carbocycles. The minimum absolute atomic E-state index is 0.437. The van der Waals surface area contributed by atoms with Crippen LogP contribution in [0.1, 0.15) is 51.2 Å². The predicted octanol–water partition coefficient (Wildman–Crippen LogP) is 4.17. The Morgan fingerprint density at radius 3 is 2.35 bits per heavy atom. The maximum absolute atomic E-state index is 5.33. The third kappa shape index (κ3) is 7.49. The Labute approximate surface area is 129 Å². The van der Waals surface area contributed by atoms with Gasteiger partial charge < -0.3 is 10.6 Å². The zero-order valence-electron chi connectivity index (χ0n) is 13.2. The molecule has 0 aliphatic carbocycles. The van der Waals surface area contributed by atoms with E-state index in [2.05, 4.69) is 62.6 Å². The lowest BCUT2D eigenvalue weighted by atomic mass is 10.0. The first kappa shape index (κ1) is 17.0. The summed E-state index contributed by atoms with van der Waals surface area (Å²) >= 11 is 5.33. The van der Waals surface area contributed by atoms with Gasteiger partial charge in [0.1, 0.15) is 0 Å². The molecule has 0 bridgehead atoms. The fourth-order valence-electron chi connectivity index (χ4n) is 2.07. The van der Waals surface area contributed by atoms with Gasteiger partial charge in [-0.05, 0) is 44.0 Å². The van der Waals surface area contributed by atoms with E-state index in [1.165, 1.54) is 30.4 Å². The second kappa shape index (κ2) is 8.96. The molecule has 0 saturated carbocycles. The van der Waals surface area contributed by atoms with E-state index in [1.54, 1.807) is 0 Å². The van der Waals surface area contributed by atoms with E-state index in [4.69, 9.17) is 12.2 Å². The molecule has 3 heteroatoms. The first-order chi connectivity index (χ1) is 9.47. The van der Waals surface area contributed by atoms with Crippen molar-refractivity contribution < 1.29 is 0 Å². The molecule has 1 rings (SSSR count). The topological polar surface area (TPSA) is 24.1 Å². The lowest BCUT2D eigenvalue weighted by Gasteiger charge is -2.17. The van der Waals surface area contributed by atoms with Crippen LogP contribution in [-0.4, -0.2) is 11.2 Å². The molecule has 2 nitrogen and oxygen atoms in total. The molecule has 0 saturated heterocycles. The average Bonchev–Trinajstić information content (AvgIpc) is 2.37. The molecule has 0 spiro atoms. The van der Waals surface area contributed by atoms with Gasteiger partial charge in [-0.2, -0.15) is 0 Å². The summed E-state index contributed by atoms with van der Waals surface area (Å²) in [5.41, 5.74) is 2.54. The van der Waals surface area contributed by atoms with Crippen molar-refractivity contribution in [1.82, 2.24) is 10.6 Å². The molecule has 0 fully saturated rings. The molecule has 112 valence electrons. The zero-order chi connectivity index (χ0) is 15.0. The molecule has 0 aromatic heterocycles. The molecule has 0 amide bonds. The highest BCUT2D eigenvalue weighted by Gasteiger charge is 2.04. The lowest BCUT2D eigenvalue weighted by Crippen LogP contribution is -2.40. The van der Waals surface area contributed by atoms with E-state index in [-0.39, 0.29) is 0 Å². The first-order valence-corrected chi connectivity index (χ1v) is 7.98. The Bertz CT molecular complexity index is 398. The second-order valence-corrected chi connectivity index (χ2v) is 6.45. The third-order valence-electron chi connectivity index (χ3n) is 3.37. The molecule has 0 aliphatic heterocycles. The molecule has 1 aromatic rings. The van der Waals surface area contributed by atoms with Crippen LogP contribution in [-0.2, 0) is 6.54 Å². The van der Waals surface area contributed by atoms with Gasteiger partial charge >= 0.3 is 0 Å². The first-order valence-electron chi connectivity index (χ1n) is 7.57. The van der Waals surface area contributed by atoms with Crippen molar-refractivity contribution in [2.75, 3.05) is 0 Å². The van der Waals surface area contributed by atoms with Crippen LogP contribution in [0.2, 0.25) is 0 Å². The Hall–Kier alpha value is -1.09. The van der Waals surface area contributed by atoms with Crippen LogP contribution in [0.25, 0.3) is 0 Å². The van der Waals surface area contributed by atoms with Crippen molar-refractivity contribution in [3.63, 3.8) is 0 Å². The van der Waals surface area contributed by atoms with E-state index in [9.17, 15) is 0 Å². The average molecular weight is 292 g/mol. The van der Waals surface area contributed by atoms with Crippen LogP contribution in [0.5, 0.6) is 0 Å². The molecule has 2 N–H and O–H groups in total. The van der Waals surface area contributed by atoms with Gasteiger partial charge in [0.25, 0.3) is 0 Å². The number of hydrogen-bond acceptors (Lipinski definition) is 1. The highest BCUT2D eigenvalue weighted by Crippen LogP contribution is 2.08. The van der Waals surface area contributed by atoms with Crippen molar-refractivity contribution in [2.24, 2.45) is 5.92 Å². The van der Waals surface area contributed by atoms with Gasteiger partial charge in [-0.1, -0.05) is 56.5 Å². The van der Waals surface area contributed by atoms with Gasteiger partial charge in [-0.3, -0.25) is 0 Å². The van der Waals surface area contributed by atoms with Crippen molar-refractivity contribution in [3.8, 4) is 0 Å². The SMILES string of the molecule is Cc1ccc(CNC(=S)NC(C)CCCC(C)C)cc1. The van der Waals surface area contributed by atoms with Gasteiger partial charge in [-0.25, -0.2) is 0 Å². The highest BCUT2D eigenvalue weighted by atomic mass is 32.1. The van der Waals surface area contributed by atoms with Gasteiger partial charge in [0.15, 0.2) is 5.11 Å². The van der Waals surface area contributed by atoms with E-state index in [0.29, 0.717) is 6.04 Å². The zero-order valence-corrected chi connectivity index (χ0v) is 14.0. The van der Waals surface area contributed by atoms with Gasteiger partial charge in [-0.15, -0.1) is 0 Å². The van der Waals surface area contributed by atoms with E-state index in [1.807, 2.05) is 0 Å². The molecule has 0 heterocycles. The molecule has 0 radical (unpaired) electrons. The standard InChI is InChI=1S/C17H28N2S/c1-13(2)6-5-7-15(4)19-17(20)18-12-16-10-8-14(3)9-11-16/h8-11,13,15H,5-7,12H2,1-4H3,(H2,18,19,20). The van der Waals surface area contributed by atoms with Gasteiger partial charge in [0, 0.05) is 12.6 Å². The Morgan fingerprint density at radius 2 is 1.75 bits per heavy atom. The Balaban J connectivity index is 2.20. The summed E-state index contributed by atoms with van der Waals surface area (Å²) in [6.45, 7) is 9.62. The molecular weight excluding hydrogens is 264 g/mol. The minimum atomic E-state index is 0.437. The smallest absolute Gasteiger partial charge is 0.166 e. The van der Waals surface area contributed by atoms with E-state index in [0.717, 1.165) is 17.6 Å². The second-order valence-electron chi connectivity index (χ2n) is 6.04. The van der Waals surface area contributed by atoms with Crippen molar-refractivity contribution in [2.45, 2.75) is 59.5 Å². The van der Waals surface area contributed by atoms with E-state index >= 15 is 0 Å². The van der Waals surface area contributed by atoms with Crippen molar-refractivity contribution in [3.05, 3.63) is 35.4 Å². The number of rotatable bonds is 7. The number of hydrogen-bond donors (Lipinski definition) is 2.